The number of carbonyl (C=O) groups excluding carboxylic acids is 1. The zero-order valence-electron chi connectivity index (χ0n) is 12.3. The highest BCUT2D eigenvalue weighted by Gasteiger charge is 2.14. The van der Waals surface area contributed by atoms with Crippen LogP contribution in [0.25, 0.3) is 0 Å². The van der Waals surface area contributed by atoms with Gasteiger partial charge in [0.2, 0.25) is 0 Å². The fourth-order valence-corrected chi connectivity index (χ4v) is 2.18. The maximum Gasteiger partial charge on any atom is 0.195 e. The number of benzene rings is 2. The third-order valence-corrected chi connectivity index (χ3v) is 3.22. The molecule has 0 saturated carbocycles. The maximum atomic E-state index is 12.7. The largest absolute Gasteiger partial charge is 0.382 e. The summed E-state index contributed by atoms with van der Waals surface area (Å²) in [6.45, 7) is 6.25. The summed E-state index contributed by atoms with van der Waals surface area (Å²) in [5.41, 5.74) is 3.57. The first-order valence-electron chi connectivity index (χ1n) is 7.11. The summed E-state index contributed by atoms with van der Waals surface area (Å²) in [5.74, 6) is 0.0732. The van der Waals surface area contributed by atoms with Crippen LogP contribution in [-0.2, 0) is 6.42 Å². The van der Waals surface area contributed by atoms with E-state index in [1.165, 1.54) is 5.56 Å². The number of ketones is 1. The molecule has 0 unspecified atom stereocenters. The van der Waals surface area contributed by atoms with Gasteiger partial charge in [0.05, 0.1) is 0 Å². The Morgan fingerprint density at radius 3 is 2.40 bits per heavy atom. The van der Waals surface area contributed by atoms with Gasteiger partial charge in [0, 0.05) is 22.9 Å². The van der Waals surface area contributed by atoms with Gasteiger partial charge in [-0.2, -0.15) is 0 Å². The molecule has 1 N–H and O–H groups in total. The molecule has 0 saturated heterocycles. The van der Waals surface area contributed by atoms with Crippen LogP contribution in [-0.4, -0.2) is 11.8 Å². The number of aryl methyl sites for hydroxylation is 1. The van der Waals surface area contributed by atoms with Crippen molar-refractivity contribution >= 4 is 11.5 Å². The first kappa shape index (κ1) is 14.3. The van der Waals surface area contributed by atoms with Gasteiger partial charge in [-0.3, -0.25) is 4.79 Å². The van der Waals surface area contributed by atoms with Crippen LogP contribution in [0.3, 0.4) is 0 Å². The normalized spacial score (nSPS) is 10.6. The molecule has 0 aromatic heterocycles. The minimum absolute atomic E-state index is 0.0732. The molecule has 104 valence electrons. The number of anilines is 1. The van der Waals surface area contributed by atoms with Gasteiger partial charge in [-0.25, -0.2) is 0 Å². The van der Waals surface area contributed by atoms with Crippen molar-refractivity contribution in [3.63, 3.8) is 0 Å². The lowest BCUT2D eigenvalue weighted by atomic mass is 9.98. The number of nitrogens with one attached hydrogen (secondary N) is 1. The first-order valence-corrected chi connectivity index (χ1v) is 7.11. The van der Waals surface area contributed by atoms with E-state index in [0.29, 0.717) is 6.04 Å². The van der Waals surface area contributed by atoms with E-state index in [4.69, 9.17) is 0 Å². The molecule has 0 radical (unpaired) electrons. The van der Waals surface area contributed by atoms with E-state index in [0.717, 1.165) is 23.2 Å². The molecule has 20 heavy (non-hydrogen) atoms. The fraction of sp³-hybridized carbons (Fsp3) is 0.278. The molecule has 0 spiro atoms. The van der Waals surface area contributed by atoms with Gasteiger partial charge in [0.1, 0.15) is 0 Å². The van der Waals surface area contributed by atoms with Crippen LogP contribution in [0.1, 0.15) is 42.3 Å². The van der Waals surface area contributed by atoms with E-state index in [1.807, 2.05) is 42.5 Å². The summed E-state index contributed by atoms with van der Waals surface area (Å²) in [6, 6.07) is 15.8. The molecule has 2 heteroatoms. The Labute approximate surface area is 120 Å². The fourth-order valence-electron chi connectivity index (χ4n) is 2.18. The molecule has 0 atom stereocenters. The predicted octanol–water partition coefficient (Wildman–Crippen LogP) is 4.30. The lowest BCUT2D eigenvalue weighted by Gasteiger charge is -2.15. The smallest absolute Gasteiger partial charge is 0.195 e. The summed E-state index contributed by atoms with van der Waals surface area (Å²) >= 11 is 0. The van der Waals surface area contributed by atoms with Crippen molar-refractivity contribution in [1.82, 2.24) is 0 Å². The number of rotatable bonds is 5. The van der Waals surface area contributed by atoms with Gasteiger partial charge in [0.25, 0.3) is 0 Å². The van der Waals surface area contributed by atoms with Gasteiger partial charge in [-0.15, -0.1) is 0 Å². The topological polar surface area (TPSA) is 29.1 Å². The third-order valence-electron chi connectivity index (χ3n) is 3.22. The van der Waals surface area contributed by atoms with E-state index >= 15 is 0 Å². The van der Waals surface area contributed by atoms with Crippen LogP contribution in [0.5, 0.6) is 0 Å². The maximum absolute atomic E-state index is 12.7. The SMILES string of the molecule is CCc1ccc(NC(C)C)c(C(=O)c2ccccc2)c1. The molecule has 2 aromatic carbocycles. The minimum atomic E-state index is 0.0732. The van der Waals surface area contributed by atoms with E-state index in [-0.39, 0.29) is 5.78 Å². The van der Waals surface area contributed by atoms with Crippen LogP contribution in [0.15, 0.2) is 48.5 Å². The van der Waals surface area contributed by atoms with Crippen LogP contribution in [0.4, 0.5) is 5.69 Å². The number of carbonyl (C=O) groups is 1. The number of hydrogen-bond donors (Lipinski definition) is 1. The Morgan fingerprint density at radius 2 is 1.80 bits per heavy atom. The molecule has 0 aliphatic carbocycles. The summed E-state index contributed by atoms with van der Waals surface area (Å²) in [4.78, 5) is 12.7. The highest BCUT2D eigenvalue weighted by molar-refractivity contribution is 6.12. The molecule has 0 fully saturated rings. The standard InChI is InChI=1S/C18H21NO/c1-4-14-10-11-17(19-13(2)3)16(12-14)18(20)15-8-6-5-7-9-15/h5-13,19H,4H2,1-3H3. The lowest BCUT2D eigenvalue weighted by Crippen LogP contribution is -2.14. The highest BCUT2D eigenvalue weighted by Crippen LogP contribution is 2.22. The second-order valence-electron chi connectivity index (χ2n) is 5.23. The zero-order valence-corrected chi connectivity index (χ0v) is 12.3. The average molecular weight is 267 g/mol. The molecule has 2 aromatic rings. The quantitative estimate of drug-likeness (QED) is 0.818. The van der Waals surface area contributed by atoms with Crippen molar-refractivity contribution in [2.75, 3.05) is 5.32 Å². The summed E-state index contributed by atoms with van der Waals surface area (Å²) < 4.78 is 0. The van der Waals surface area contributed by atoms with Crippen molar-refractivity contribution < 1.29 is 4.79 Å². The van der Waals surface area contributed by atoms with Crippen molar-refractivity contribution in [1.29, 1.82) is 0 Å². The predicted molar refractivity (Wildman–Crippen MR) is 84.5 cm³/mol. The molecule has 0 aliphatic rings. The van der Waals surface area contributed by atoms with E-state index in [2.05, 4.69) is 32.2 Å². The number of hydrogen-bond acceptors (Lipinski definition) is 2. The molecule has 2 rings (SSSR count). The van der Waals surface area contributed by atoms with E-state index in [1.54, 1.807) is 0 Å². The van der Waals surface area contributed by atoms with Crippen molar-refractivity contribution in [3.8, 4) is 0 Å². The molecular formula is C18H21NO. The summed E-state index contributed by atoms with van der Waals surface area (Å²) in [7, 11) is 0. The highest BCUT2D eigenvalue weighted by atomic mass is 16.1. The minimum Gasteiger partial charge on any atom is -0.382 e. The lowest BCUT2D eigenvalue weighted by molar-refractivity contribution is 0.103. The van der Waals surface area contributed by atoms with Gasteiger partial charge >= 0.3 is 0 Å². The Bertz CT molecular complexity index is 588. The van der Waals surface area contributed by atoms with Crippen LogP contribution in [0.2, 0.25) is 0 Å². The molecule has 0 bridgehead atoms. The van der Waals surface area contributed by atoms with Crippen molar-refractivity contribution in [2.24, 2.45) is 0 Å². The van der Waals surface area contributed by atoms with E-state index < -0.39 is 0 Å². The molecular weight excluding hydrogens is 246 g/mol. The van der Waals surface area contributed by atoms with Gasteiger partial charge in [-0.1, -0.05) is 43.3 Å². The van der Waals surface area contributed by atoms with Gasteiger partial charge < -0.3 is 5.32 Å². The third kappa shape index (κ3) is 3.27. The van der Waals surface area contributed by atoms with Crippen molar-refractivity contribution in [2.45, 2.75) is 33.2 Å². The zero-order chi connectivity index (χ0) is 14.5. The summed E-state index contributed by atoms with van der Waals surface area (Å²) in [5, 5.41) is 3.35. The molecule has 0 heterocycles. The Kier molecular flexibility index (Phi) is 4.57. The average Bonchev–Trinajstić information content (AvgIpc) is 2.47. The second-order valence-corrected chi connectivity index (χ2v) is 5.23. The molecule has 0 amide bonds. The van der Waals surface area contributed by atoms with E-state index in [9.17, 15) is 4.79 Å². The Hall–Kier alpha value is -2.09. The van der Waals surface area contributed by atoms with Gasteiger partial charge in [0.15, 0.2) is 5.78 Å². The molecule has 0 aliphatic heterocycles. The monoisotopic (exact) mass is 267 g/mol. The molecule has 2 nitrogen and oxygen atoms in total. The van der Waals surface area contributed by atoms with Gasteiger partial charge in [-0.05, 0) is 38.0 Å². The summed E-state index contributed by atoms with van der Waals surface area (Å²) in [6.07, 6.45) is 0.928. The first-order chi connectivity index (χ1) is 9.61. The van der Waals surface area contributed by atoms with Crippen LogP contribution in [0, 0.1) is 0 Å². The van der Waals surface area contributed by atoms with Crippen molar-refractivity contribution in [3.05, 3.63) is 65.2 Å². The van der Waals surface area contributed by atoms with Crippen LogP contribution < -0.4 is 5.32 Å². The van der Waals surface area contributed by atoms with Crippen LogP contribution >= 0.6 is 0 Å². The second kappa shape index (κ2) is 6.38. The Balaban J connectivity index is 2.44. The Morgan fingerprint density at radius 1 is 1.10 bits per heavy atom.